The zero-order valence-corrected chi connectivity index (χ0v) is 12.1. The van der Waals surface area contributed by atoms with Crippen LogP contribution in [-0.4, -0.2) is 35.6 Å². The Bertz CT molecular complexity index is 425. The Morgan fingerprint density at radius 3 is 2.74 bits per heavy atom. The quantitative estimate of drug-likeness (QED) is 0.902. The Morgan fingerprint density at radius 2 is 2.05 bits per heavy atom. The first kappa shape index (κ1) is 15.1. The van der Waals surface area contributed by atoms with Crippen LogP contribution in [0.1, 0.15) is 30.7 Å². The fourth-order valence-corrected chi connectivity index (χ4v) is 2.86. The normalized spacial score (nSPS) is 25.9. The molecule has 0 saturated carbocycles. The van der Waals surface area contributed by atoms with Gasteiger partial charge >= 0.3 is 0 Å². The molecule has 1 aliphatic heterocycles. The molecule has 1 aromatic rings. The van der Waals surface area contributed by atoms with Gasteiger partial charge in [0.1, 0.15) is 6.10 Å². The molecule has 0 amide bonds. The van der Waals surface area contributed by atoms with Crippen molar-refractivity contribution in [2.75, 3.05) is 13.2 Å². The fourth-order valence-electron chi connectivity index (χ4n) is 2.55. The van der Waals surface area contributed by atoms with Crippen LogP contribution < -0.4 is 0 Å². The molecule has 0 aliphatic carbocycles. The zero-order valence-electron chi connectivity index (χ0n) is 10.6. The molecule has 3 atom stereocenters. The van der Waals surface area contributed by atoms with E-state index in [4.69, 9.17) is 33.0 Å². The Hall–Kier alpha value is -0.320. The number of aliphatic hydroxyl groups excluding tert-OH is 2. The van der Waals surface area contributed by atoms with E-state index in [1.54, 1.807) is 6.07 Å². The van der Waals surface area contributed by atoms with Gasteiger partial charge in [0, 0.05) is 12.5 Å². The smallest absolute Gasteiger partial charge is 0.104 e. The molecule has 1 heterocycles. The van der Waals surface area contributed by atoms with Gasteiger partial charge in [-0.25, -0.2) is 0 Å². The van der Waals surface area contributed by atoms with E-state index in [1.807, 2.05) is 12.1 Å². The third-order valence-electron chi connectivity index (χ3n) is 3.55. The molecule has 1 aliphatic rings. The maximum atomic E-state index is 9.93. The summed E-state index contributed by atoms with van der Waals surface area (Å²) in [5.41, 5.74) is 0.994. The van der Waals surface area contributed by atoms with Gasteiger partial charge in [0.2, 0.25) is 0 Å². The van der Waals surface area contributed by atoms with E-state index in [0.29, 0.717) is 16.7 Å². The van der Waals surface area contributed by atoms with Gasteiger partial charge in [-0.3, -0.25) is 0 Å². The van der Waals surface area contributed by atoms with Crippen molar-refractivity contribution in [1.29, 1.82) is 0 Å². The monoisotopic (exact) mass is 304 g/mol. The van der Waals surface area contributed by atoms with Crippen LogP contribution in [0.25, 0.3) is 0 Å². The molecular weight excluding hydrogens is 287 g/mol. The Kier molecular flexibility index (Phi) is 5.48. The van der Waals surface area contributed by atoms with E-state index in [-0.39, 0.29) is 12.5 Å². The lowest BCUT2D eigenvalue weighted by Crippen LogP contribution is -2.36. The van der Waals surface area contributed by atoms with Crippen LogP contribution in [0, 0.1) is 0 Å². The van der Waals surface area contributed by atoms with E-state index in [1.165, 1.54) is 0 Å². The number of aliphatic hydroxyl groups is 2. The molecule has 106 valence electrons. The maximum Gasteiger partial charge on any atom is 0.104 e. The van der Waals surface area contributed by atoms with E-state index in [9.17, 15) is 5.11 Å². The lowest BCUT2D eigenvalue weighted by Gasteiger charge is -2.28. The molecule has 0 radical (unpaired) electrons. The second-order valence-electron chi connectivity index (χ2n) is 4.86. The average Bonchev–Trinajstić information content (AvgIpc) is 2.66. The molecule has 0 unspecified atom stereocenters. The van der Waals surface area contributed by atoms with Gasteiger partial charge < -0.3 is 14.9 Å². The molecule has 2 rings (SSSR count). The fraction of sp³-hybridized carbons (Fsp3) is 0.571. The summed E-state index contributed by atoms with van der Waals surface area (Å²) in [6, 6.07) is 5.48. The third kappa shape index (κ3) is 3.61. The molecule has 5 heteroatoms. The highest BCUT2D eigenvalue weighted by molar-refractivity contribution is 6.42. The molecular formula is C14H18Cl2O3. The molecule has 19 heavy (non-hydrogen) atoms. The maximum absolute atomic E-state index is 9.93. The highest BCUT2D eigenvalue weighted by Gasteiger charge is 2.31. The summed E-state index contributed by atoms with van der Waals surface area (Å²) in [7, 11) is 0. The lowest BCUT2D eigenvalue weighted by atomic mass is 9.87. The Labute approximate surface area is 123 Å². The summed E-state index contributed by atoms with van der Waals surface area (Å²) in [4.78, 5) is 0. The van der Waals surface area contributed by atoms with Gasteiger partial charge in [0.25, 0.3) is 0 Å². The van der Waals surface area contributed by atoms with Crippen molar-refractivity contribution in [2.45, 2.75) is 37.4 Å². The summed E-state index contributed by atoms with van der Waals surface area (Å²) in [5, 5.41) is 20.1. The summed E-state index contributed by atoms with van der Waals surface area (Å²) in [5.74, 6) is 0.0272. The van der Waals surface area contributed by atoms with Crippen molar-refractivity contribution >= 4 is 23.2 Å². The minimum atomic E-state index is -0.877. The minimum absolute atomic E-state index is 0.0272. The summed E-state index contributed by atoms with van der Waals surface area (Å²) in [6.07, 6.45) is 1.62. The van der Waals surface area contributed by atoms with E-state index in [2.05, 4.69) is 0 Å². The van der Waals surface area contributed by atoms with Crippen LogP contribution in [0.15, 0.2) is 18.2 Å². The van der Waals surface area contributed by atoms with Crippen molar-refractivity contribution in [3.63, 3.8) is 0 Å². The molecule has 2 N–H and O–H groups in total. The van der Waals surface area contributed by atoms with Crippen LogP contribution in [-0.2, 0) is 4.74 Å². The first-order valence-electron chi connectivity index (χ1n) is 6.49. The largest absolute Gasteiger partial charge is 0.394 e. The van der Waals surface area contributed by atoms with Crippen molar-refractivity contribution in [2.24, 2.45) is 0 Å². The SMILES string of the molecule is OC[C@H](O)[C@H]1OCCCC[C@H]1c1ccc(Cl)c(Cl)c1. The van der Waals surface area contributed by atoms with Gasteiger partial charge in [-0.1, -0.05) is 35.7 Å². The molecule has 0 aromatic heterocycles. The van der Waals surface area contributed by atoms with Crippen molar-refractivity contribution in [3.8, 4) is 0 Å². The van der Waals surface area contributed by atoms with Crippen LogP contribution in [0.5, 0.6) is 0 Å². The standard InChI is InChI=1S/C14H18Cl2O3/c15-11-5-4-9(7-12(11)16)10-3-1-2-6-19-14(10)13(18)8-17/h4-5,7,10,13-14,17-18H,1-3,6,8H2/t10-,13-,14-/m0/s1. The predicted octanol–water partition coefficient (Wildman–Crippen LogP) is 3.00. The first-order valence-corrected chi connectivity index (χ1v) is 7.24. The van der Waals surface area contributed by atoms with Gasteiger partial charge in [0.15, 0.2) is 0 Å². The number of halogens is 2. The summed E-state index contributed by atoms with van der Waals surface area (Å²) >= 11 is 12.0. The van der Waals surface area contributed by atoms with Gasteiger partial charge in [-0.05, 0) is 30.5 Å². The lowest BCUT2D eigenvalue weighted by molar-refractivity contribution is -0.0641. The van der Waals surface area contributed by atoms with E-state index in [0.717, 1.165) is 24.8 Å². The second-order valence-corrected chi connectivity index (χ2v) is 5.68. The Morgan fingerprint density at radius 1 is 1.26 bits per heavy atom. The van der Waals surface area contributed by atoms with Gasteiger partial charge in [-0.15, -0.1) is 0 Å². The highest BCUT2D eigenvalue weighted by atomic mass is 35.5. The van der Waals surface area contributed by atoms with Gasteiger partial charge in [0.05, 0.1) is 22.8 Å². The Balaban J connectivity index is 2.28. The first-order chi connectivity index (χ1) is 9.13. The van der Waals surface area contributed by atoms with E-state index < -0.39 is 12.2 Å². The summed E-state index contributed by atoms with van der Waals surface area (Å²) < 4.78 is 5.71. The van der Waals surface area contributed by atoms with Crippen molar-refractivity contribution in [1.82, 2.24) is 0 Å². The highest BCUT2D eigenvalue weighted by Crippen LogP contribution is 2.35. The number of rotatable bonds is 3. The predicted molar refractivity (Wildman–Crippen MR) is 75.9 cm³/mol. The second kappa shape index (κ2) is 6.91. The molecule has 1 aromatic carbocycles. The van der Waals surface area contributed by atoms with Crippen LogP contribution in [0.3, 0.4) is 0 Å². The molecule has 3 nitrogen and oxygen atoms in total. The molecule has 1 fully saturated rings. The van der Waals surface area contributed by atoms with Crippen LogP contribution in [0.4, 0.5) is 0 Å². The number of benzene rings is 1. The average molecular weight is 305 g/mol. The minimum Gasteiger partial charge on any atom is -0.394 e. The number of hydrogen-bond acceptors (Lipinski definition) is 3. The van der Waals surface area contributed by atoms with Gasteiger partial charge in [-0.2, -0.15) is 0 Å². The van der Waals surface area contributed by atoms with Crippen LogP contribution >= 0.6 is 23.2 Å². The van der Waals surface area contributed by atoms with Crippen molar-refractivity contribution < 1.29 is 14.9 Å². The molecule has 0 spiro atoms. The summed E-state index contributed by atoms with van der Waals surface area (Å²) in [6.45, 7) is 0.308. The third-order valence-corrected chi connectivity index (χ3v) is 4.29. The topological polar surface area (TPSA) is 49.7 Å². The molecule has 1 saturated heterocycles. The van der Waals surface area contributed by atoms with E-state index >= 15 is 0 Å². The van der Waals surface area contributed by atoms with Crippen LogP contribution in [0.2, 0.25) is 10.0 Å². The number of hydrogen-bond donors (Lipinski definition) is 2. The number of ether oxygens (including phenoxy) is 1. The molecule has 0 bridgehead atoms. The van der Waals surface area contributed by atoms with Crippen molar-refractivity contribution in [3.05, 3.63) is 33.8 Å². The zero-order chi connectivity index (χ0) is 13.8.